The Morgan fingerprint density at radius 3 is 0.783 bits per heavy atom. The van der Waals surface area contributed by atoms with Crippen molar-refractivity contribution in [2.24, 2.45) is 0 Å². The molecule has 0 saturated carbocycles. The molecule has 0 rings (SSSR count). The molecular weight excluding hydrogens is 396 g/mol. The van der Waals surface area contributed by atoms with Crippen LogP contribution in [0.5, 0.6) is 0 Å². The van der Waals surface area contributed by atoms with Crippen LogP contribution in [0.2, 0.25) is 0 Å². The van der Waals surface area contributed by atoms with E-state index in [4.69, 9.17) is 67.9 Å². The van der Waals surface area contributed by atoms with E-state index < -0.39 is 37.3 Å². The molecule has 0 aromatic heterocycles. The first kappa shape index (κ1) is 30.4. The van der Waals surface area contributed by atoms with Gasteiger partial charge in [-0.25, -0.2) is 0 Å². The molecule has 9 N–H and O–H groups in total. The molecule has 0 amide bonds. The highest BCUT2D eigenvalue weighted by Crippen LogP contribution is 1.93. The predicted octanol–water partition coefficient (Wildman–Crippen LogP) is -2.85. The van der Waals surface area contributed by atoms with E-state index in [-0.39, 0.29) is 13.2 Å². The van der Waals surface area contributed by atoms with Crippen LogP contribution >= 0.6 is 0 Å². The van der Waals surface area contributed by atoms with Crippen LogP contribution < -0.4 is 0 Å². The SMILES string of the molecule is O=S(=O)(O)O.O=S(=O)(O)O.O=S(=O)(O)O.OCCC(O)CCO. The average molecular weight is 414 g/mol. The zero-order valence-electron chi connectivity index (χ0n) is 11.1. The summed E-state index contributed by atoms with van der Waals surface area (Å²) in [6.07, 6.45) is 0.186. The molecule has 0 atom stereocenters. The lowest BCUT2D eigenvalue weighted by molar-refractivity contribution is 0.104. The molecule has 0 saturated heterocycles. The second kappa shape index (κ2) is 15.0. The topological polar surface area (TPSA) is 284 Å². The highest BCUT2D eigenvalue weighted by molar-refractivity contribution is 7.80. The van der Waals surface area contributed by atoms with Gasteiger partial charge in [-0.15, -0.1) is 0 Å². The Morgan fingerprint density at radius 1 is 0.565 bits per heavy atom. The molecular formula is C5H18O15S3. The van der Waals surface area contributed by atoms with Gasteiger partial charge in [-0.2, -0.15) is 25.3 Å². The first-order valence-electron chi connectivity index (χ1n) is 4.80. The van der Waals surface area contributed by atoms with Gasteiger partial charge in [-0.3, -0.25) is 27.3 Å². The van der Waals surface area contributed by atoms with Crippen LogP contribution in [-0.4, -0.2) is 87.2 Å². The third kappa shape index (κ3) is 271. The van der Waals surface area contributed by atoms with Gasteiger partial charge < -0.3 is 15.3 Å². The lowest BCUT2D eigenvalue weighted by atomic mass is 10.2. The predicted molar refractivity (Wildman–Crippen MR) is 71.9 cm³/mol. The van der Waals surface area contributed by atoms with E-state index in [0.717, 1.165) is 0 Å². The largest absolute Gasteiger partial charge is 0.396 e. The molecule has 0 fully saturated rings. The molecule has 0 aliphatic heterocycles. The Hall–Kier alpha value is -0.510. The van der Waals surface area contributed by atoms with E-state index in [1.807, 2.05) is 0 Å². The first-order valence-corrected chi connectivity index (χ1v) is 8.99. The van der Waals surface area contributed by atoms with Crippen molar-refractivity contribution < 1.29 is 67.9 Å². The molecule has 18 heteroatoms. The quantitative estimate of drug-likeness (QED) is 0.209. The molecule has 0 radical (unpaired) electrons. The Kier molecular flexibility index (Phi) is 19.9. The van der Waals surface area contributed by atoms with Crippen LogP contribution in [0.15, 0.2) is 0 Å². The van der Waals surface area contributed by atoms with Gasteiger partial charge in [-0.05, 0) is 12.8 Å². The second-order valence-corrected chi connectivity index (χ2v) is 5.71. The molecule has 15 nitrogen and oxygen atoms in total. The van der Waals surface area contributed by atoms with Gasteiger partial charge in [0.15, 0.2) is 0 Å². The molecule has 146 valence electrons. The van der Waals surface area contributed by atoms with Gasteiger partial charge in [0.1, 0.15) is 0 Å². The highest BCUT2D eigenvalue weighted by atomic mass is 32.3. The van der Waals surface area contributed by atoms with Crippen LogP contribution in [0.25, 0.3) is 0 Å². The van der Waals surface area contributed by atoms with E-state index in [9.17, 15) is 0 Å². The van der Waals surface area contributed by atoms with Gasteiger partial charge in [0.25, 0.3) is 0 Å². The molecule has 0 aliphatic rings. The van der Waals surface area contributed by atoms with Crippen LogP contribution in [0, 0.1) is 0 Å². The molecule has 0 unspecified atom stereocenters. The van der Waals surface area contributed by atoms with Crippen molar-refractivity contribution in [2.45, 2.75) is 18.9 Å². The summed E-state index contributed by atoms with van der Waals surface area (Å²) < 4.78 is 94.8. The number of aliphatic hydroxyl groups is 3. The minimum Gasteiger partial charge on any atom is -0.396 e. The third-order valence-corrected chi connectivity index (χ3v) is 0.925. The Bertz CT molecular complexity index is 443. The standard InChI is InChI=1S/C5H12O3.3H2O4S/c6-3-1-5(8)2-4-7;3*1-5(2,3)4/h5-8H,1-4H2;3*(H2,1,2,3,4). The van der Waals surface area contributed by atoms with Crippen LogP contribution in [0.4, 0.5) is 0 Å². The molecule has 0 aliphatic carbocycles. The number of rotatable bonds is 4. The van der Waals surface area contributed by atoms with Crippen molar-refractivity contribution in [2.75, 3.05) is 13.2 Å². The molecule has 0 aromatic rings. The van der Waals surface area contributed by atoms with Gasteiger partial charge in [0.2, 0.25) is 0 Å². The third-order valence-electron chi connectivity index (χ3n) is 0.925. The van der Waals surface area contributed by atoms with Crippen LogP contribution in [0.3, 0.4) is 0 Å². The molecule has 0 heterocycles. The fourth-order valence-electron chi connectivity index (χ4n) is 0.442. The minimum atomic E-state index is -4.67. The Labute approximate surface area is 131 Å². The first-order chi connectivity index (χ1) is 9.81. The summed E-state index contributed by atoms with van der Waals surface area (Å²) in [6, 6.07) is 0. The number of aliphatic hydroxyl groups excluding tert-OH is 3. The summed E-state index contributed by atoms with van der Waals surface area (Å²) in [5.74, 6) is 0. The lowest BCUT2D eigenvalue weighted by Gasteiger charge is -2.03. The Balaban J connectivity index is -0.000000108. The van der Waals surface area contributed by atoms with Gasteiger partial charge >= 0.3 is 31.2 Å². The maximum Gasteiger partial charge on any atom is 0.394 e. The summed E-state index contributed by atoms with van der Waals surface area (Å²) in [5, 5.41) is 25.2. The van der Waals surface area contributed by atoms with Crippen molar-refractivity contribution in [1.82, 2.24) is 0 Å². The molecule has 0 bridgehead atoms. The molecule has 23 heavy (non-hydrogen) atoms. The van der Waals surface area contributed by atoms with E-state index in [0.29, 0.717) is 12.8 Å². The Morgan fingerprint density at radius 2 is 0.696 bits per heavy atom. The lowest BCUT2D eigenvalue weighted by Crippen LogP contribution is -2.10. The van der Waals surface area contributed by atoms with Crippen molar-refractivity contribution >= 4 is 31.2 Å². The maximum absolute atomic E-state index is 8.74. The normalized spacial score (nSPS) is 11.2. The average Bonchev–Trinajstić information content (AvgIpc) is 2.09. The monoisotopic (exact) mass is 414 g/mol. The summed E-state index contributed by atoms with van der Waals surface area (Å²) >= 11 is 0. The van der Waals surface area contributed by atoms with Crippen molar-refractivity contribution in [1.29, 1.82) is 0 Å². The van der Waals surface area contributed by atoms with Crippen LogP contribution in [0.1, 0.15) is 12.8 Å². The molecule has 0 spiro atoms. The van der Waals surface area contributed by atoms with Crippen molar-refractivity contribution in [3.63, 3.8) is 0 Å². The van der Waals surface area contributed by atoms with Gasteiger partial charge in [0.05, 0.1) is 6.10 Å². The maximum atomic E-state index is 8.74. The second-order valence-electron chi connectivity index (χ2n) is 3.02. The summed E-state index contributed by atoms with van der Waals surface area (Å²) in [7, 11) is -14.0. The fraction of sp³-hybridized carbons (Fsp3) is 1.00. The van der Waals surface area contributed by atoms with Crippen molar-refractivity contribution in [3.05, 3.63) is 0 Å². The van der Waals surface area contributed by atoms with Gasteiger partial charge in [-0.1, -0.05) is 0 Å². The summed E-state index contributed by atoms with van der Waals surface area (Å²) in [5.41, 5.74) is 0. The van der Waals surface area contributed by atoms with E-state index in [1.165, 1.54) is 0 Å². The van der Waals surface area contributed by atoms with E-state index in [2.05, 4.69) is 0 Å². The number of hydrogen-bond donors (Lipinski definition) is 9. The number of hydrogen-bond acceptors (Lipinski definition) is 9. The summed E-state index contributed by atoms with van der Waals surface area (Å²) in [4.78, 5) is 0. The zero-order valence-corrected chi connectivity index (χ0v) is 13.6. The molecule has 0 aromatic carbocycles. The summed E-state index contributed by atoms with van der Waals surface area (Å²) in [6.45, 7) is -0.0255. The van der Waals surface area contributed by atoms with Crippen molar-refractivity contribution in [3.8, 4) is 0 Å². The highest BCUT2D eigenvalue weighted by Gasteiger charge is 1.99. The fourth-order valence-corrected chi connectivity index (χ4v) is 0.442. The minimum absolute atomic E-state index is 0.0127. The van der Waals surface area contributed by atoms with E-state index in [1.54, 1.807) is 0 Å². The van der Waals surface area contributed by atoms with Crippen LogP contribution in [-0.2, 0) is 31.2 Å². The van der Waals surface area contributed by atoms with E-state index >= 15 is 0 Å². The zero-order chi connectivity index (χ0) is 19.9. The smallest absolute Gasteiger partial charge is 0.394 e. The van der Waals surface area contributed by atoms with Gasteiger partial charge in [0, 0.05) is 13.2 Å².